The van der Waals surface area contributed by atoms with Crippen LogP contribution in [0.25, 0.3) is 0 Å². The molecule has 0 aromatic heterocycles. The van der Waals surface area contributed by atoms with E-state index in [9.17, 15) is 44.0 Å². The molecule has 372 valence electrons. The van der Waals surface area contributed by atoms with Crippen LogP contribution in [0.2, 0.25) is 0 Å². The lowest BCUT2D eigenvalue weighted by atomic mass is 9.85. The number of allylic oxidation sites excluding steroid dienone is 8. The molecule has 1 rings (SSSR count). The van der Waals surface area contributed by atoms with E-state index in [0.717, 1.165) is 51.4 Å². The van der Waals surface area contributed by atoms with Gasteiger partial charge >= 0.3 is 27.6 Å². The second-order valence-electron chi connectivity index (χ2n) is 16.5. The number of phosphoric acid groups is 2. The number of aliphatic hydroxyl groups excluding tert-OH is 4. The maximum atomic E-state index is 12.9. The summed E-state index contributed by atoms with van der Waals surface area (Å²) in [6, 6.07) is 0. The number of carbonyl (C=O) groups is 2. The van der Waals surface area contributed by atoms with Crippen LogP contribution in [0.1, 0.15) is 174 Å². The molecule has 64 heavy (non-hydrogen) atoms. The average Bonchev–Trinajstić information content (AvgIpc) is 3.25. The molecule has 1 saturated carbocycles. The fraction of sp³-hybridized carbons (Fsp3) is 0.783. The minimum Gasteiger partial charge on any atom is -0.462 e. The lowest BCUT2D eigenvalue weighted by Gasteiger charge is -2.43. The molecule has 1 aliphatic rings. The van der Waals surface area contributed by atoms with Crippen LogP contribution in [-0.4, -0.2) is 103 Å². The van der Waals surface area contributed by atoms with Crippen LogP contribution >= 0.6 is 15.6 Å². The van der Waals surface area contributed by atoms with Crippen LogP contribution in [0.4, 0.5) is 0 Å². The minimum absolute atomic E-state index is 0.0249. The van der Waals surface area contributed by atoms with Gasteiger partial charge in [-0.25, -0.2) is 9.13 Å². The molecule has 0 bridgehead atoms. The smallest absolute Gasteiger partial charge is 0.462 e. The van der Waals surface area contributed by atoms with Gasteiger partial charge < -0.3 is 44.6 Å². The van der Waals surface area contributed by atoms with Gasteiger partial charge in [0.2, 0.25) is 0 Å². The van der Waals surface area contributed by atoms with E-state index in [1.807, 2.05) is 12.2 Å². The van der Waals surface area contributed by atoms with Gasteiger partial charge in [-0.1, -0.05) is 159 Å². The third-order valence-corrected chi connectivity index (χ3v) is 12.2. The Morgan fingerprint density at radius 1 is 0.500 bits per heavy atom. The van der Waals surface area contributed by atoms with E-state index in [2.05, 4.69) is 54.8 Å². The summed E-state index contributed by atoms with van der Waals surface area (Å²) < 4.78 is 49.1. The predicted molar refractivity (Wildman–Crippen MR) is 246 cm³/mol. The average molecular weight is 953 g/mol. The number of carbonyl (C=O) groups excluding carboxylic acids is 2. The van der Waals surface area contributed by atoms with Crippen molar-refractivity contribution in [3.63, 3.8) is 0 Å². The SMILES string of the molecule is CCCCC/C=C\C/C=C\C/C=C\C/C=C\CCCC(=O)O[C@H](COC(=O)CCCCCCCCCCCCCCCC)COP(=O)(O)OC1C(O)C(O)C(OP(=O)(O)O)[C@@H](O)C1O. The molecule has 0 aromatic rings. The first kappa shape index (κ1) is 60.0. The third kappa shape index (κ3) is 31.0. The van der Waals surface area contributed by atoms with Crippen molar-refractivity contribution in [3.8, 4) is 0 Å². The molecule has 1 aliphatic carbocycles. The molecule has 0 radical (unpaired) electrons. The van der Waals surface area contributed by atoms with Crippen molar-refractivity contribution in [1.29, 1.82) is 0 Å². The van der Waals surface area contributed by atoms with Crippen molar-refractivity contribution >= 4 is 27.6 Å². The lowest BCUT2D eigenvalue weighted by molar-refractivity contribution is -0.216. The Kier molecular flexibility index (Phi) is 34.7. The molecule has 0 saturated heterocycles. The molecule has 0 aromatic carbocycles. The van der Waals surface area contributed by atoms with E-state index >= 15 is 0 Å². The minimum atomic E-state index is -5.31. The van der Waals surface area contributed by atoms with Crippen molar-refractivity contribution in [3.05, 3.63) is 48.6 Å². The summed E-state index contributed by atoms with van der Waals surface area (Å²) in [5, 5.41) is 41.4. The van der Waals surface area contributed by atoms with E-state index in [1.54, 1.807) is 0 Å². The zero-order chi connectivity index (χ0) is 47.5. The van der Waals surface area contributed by atoms with Gasteiger partial charge in [-0.3, -0.25) is 23.2 Å². The molecule has 7 N–H and O–H groups in total. The van der Waals surface area contributed by atoms with Gasteiger partial charge in [0, 0.05) is 12.8 Å². The maximum Gasteiger partial charge on any atom is 0.472 e. The molecular weight excluding hydrogens is 870 g/mol. The maximum absolute atomic E-state index is 12.9. The highest BCUT2D eigenvalue weighted by molar-refractivity contribution is 7.47. The number of ether oxygens (including phenoxy) is 2. The van der Waals surface area contributed by atoms with Gasteiger partial charge in [-0.05, 0) is 51.4 Å². The zero-order valence-electron chi connectivity index (χ0n) is 38.5. The van der Waals surface area contributed by atoms with Gasteiger partial charge in [0.15, 0.2) is 6.10 Å². The molecular formula is C46H82O16P2. The fourth-order valence-corrected chi connectivity index (χ4v) is 8.50. The number of rotatable bonds is 39. The van der Waals surface area contributed by atoms with E-state index in [0.29, 0.717) is 19.3 Å². The molecule has 0 aliphatic heterocycles. The first-order chi connectivity index (χ1) is 30.6. The lowest BCUT2D eigenvalue weighted by Crippen LogP contribution is -2.64. The normalized spacial score (nSPS) is 22.2. The number of hydrogen-bond donors (Lipinski definition) is 7. The van der Waals surface area contributed by atoms with Crippen molar-refractivity contribution in [2.75, 3.05) is 13.2 Å². The summed E-state index contributed by atoms with van der Waals surface area (Å²) in [6.07, 6.45) is 26.6. The third-order valence-electron chi connectivity index (χ3n) is 10.7. The van der Waals surface area contributed by atoms with Crippen LogP contribution in [-0.2, 0) is 41.8 Å². The van der Waals surface area contributed by atoms with E-state index in [4.69, 9.17) is 28.3 Å². The van der Waals surface area contributed by atoms with Crippen LogP contribution in [0.3, 0.4) is 0 Å². The molecule has 1 fully saturated rings. The predicted octanol–water partition coefficient (Wildman–Crippen LogP) is 8.90. The number of esters is 2. The highest BCUT2D eigenvalue weighted by atomic mass is 31.2. The summed E-state index contributed by atoms with van der Waals surface area (Å²) in [7, 11) is -10.6. The Balaban J connectivity index is 2.62. The summed E-state index contributed by atoms with van der Waals surface area (Å²) >= 11 is 0. The van der Waals surface area contributed by atoms with Crippen LogP contribution < -0.4 is 0 Å². The quantitative estimate of drug-likeness (QED) is 0.0131. The summed E-state index contributed by atoms with van der Waals surface area (Å²) in [5.74, 6) is -1.26. The number of aliphatic hydroxyl groups is 4. The Bertz CT molecular complexity index is 1420. The number of unbranched alkanes of at least 4 members (excludes halogenated alkanes) is 17. The van der Waals surface area contributed by atoms with E-state index < -0.39 is 83.5 Å². The summed E-state index contributed by atoms with van der Waals surface area (Å²) in [6.45, 7) is 3.06. The van der Waals surface area contributed by atoms with Gasteiger partial charge in [-0.2, -0.15) is 0 Å². The van der Waals surface area contributed by atoms with Gasteiger partial charge in [0.25, 0.3) is 0 Å². The highest BCUT2D eigenvalue weighted by Gasteiger charge is 2.54. The Morgan fingerprint density at radius 2 is 0.891 bits per heavy atom. The van der Waals surface area contributed by atoms with Crippen molar-refractivity contribution in [2.24, 2.45) is 0 Å². The molecule has 16 nitrogen and oxygen atoms in total. The molecule has 6 unspecified atom stereocenters. The Morgan fingerprint density at radius 3 is 1.36 bits per heavy atom. The van der Waals surface area contributed by atoms with Crippen molar-refractivity contribution in [1.82, 2.24) is 0 Å². The first-order valence-corrected chi connectivity index (χ1v) is 26.7. The Labute approximate surface area is 382 Å². The fourth-order valence-electron chi connectivity index (χ4n) is 6.96. The standard InChI is InChI=1S/C46H82O16P2/c1-3-5-7-9-11-13-15-17-19-20-21-23-25-27-29-31-33-35-40(48)60-38(36-58-39(47)34-32-30-28-26-24-22-18-16-14-12-10-8-6-4-2)37-59-64(56,57)62-46-43(51)41(49)45(42(50)44(46)52)61-63(53,54)55/h11,13,17,19,21,23,27,29,38,41-46,49-52H,3-10,12,14-16,18,20,22,24-26,28,30-37H2,1-2H3,(H,56,57)(H2,53,54,55)/b13-11-,19-17-,23-21-,29-27-/t38-,41+,42?,43?,44?,45?,46?/m1/s1. The van der Waals surface area contributed by atoms with Gasteiger partial charge in [0.05, 0.1) is 6.61 Å². The number of phosphoric ester groups is 2. The first-order valence-electron chi connectivity index (χ1n) is 23.7. The topological polar surface area (TPSA) is 256 Å². The largest absolute Gasteiger partial charge is 0.472 e. The summed E-state index contributed by atoms with van der Waals surface area (Å²) in [5.41, 5.74) is 0. The molecule has 8 atom stereocenters. The van der Waals surface area contributed by atoms with Gasteiger partial charge in [-0.15, -0.1) is 0 Å². The molecule has 0 amide bonds. The van der Waals surface area contributed by atoms with E-state index in [-0.39, 0.29) is 12.8 Å². The Hall–Kier alpha value is -2.04. The van der Waals surface area contributed by atoms with Crippen LogP contribution in [0.5, 0.6) is 0 Å². The van der Waals surface area contributed by atoms with Gasteiger partial charge in [0.1, 0.15) is 43.2 Å². The number of hydrogen-bond acceptors (Lipinski definition) is 13. The molecule has 18 heteroatoms. The van der Waals surface area contributed by atoms with Crippen LogP contribution in [0.15, 0.2) is 48.6 Å². The monoisotopic (exact) mass is 953 g/mol. The highest BCUT2D eigenvalue weighted by Crippen LogP contribution is 2.48. The molecule has 0 spiro atoms. The van der Waals surface area contributed by atoms with Crippen molar-refractivity contribution < 1.29 is 76.9 Å². The second-order valence-corrected chi connectivity index (χ2v) is 19.1. The second kappa shape index (κ2) is 37.0. The summed E-state index contributed by atoms with van der Waals surface area (Å²) in [4.78, 5) is 54.0. The van der Waals surface area contributed by atoms with Crippen molar-refractivity contribution in [2.45, 2.75) is 217 Å². The molecule has 0 heterocycles. The van der Waals surface area contributed by atoms with E-state index in [1.165, 1.54) is 77.0 Å². The van der Waals surface area contributed by atoms with Crippen LogP contribution in [0, 0.1) is 0 Å². The zero-order valence-corrected chi connectivity index (χ0v) is 40.2.